The molecule has 2 heterocycles. The summed E-state index contributed by atoms with van der Waals surface area (Å²) in [6.45, 7) is 3.26. The number of hydrogen-bond donors (Lipinski definition) is 1. The zero-order valence-corrected chi connectivity index (χ0v) is 10.7. The monoisotopic (exact) mass is 290 g/mol. The zero-order chi connectivity index (χ0) is 11.1. The van der Waals surface area contributed by atoms with Crippen LogP contribution >= 0.6 is 27.5 Å². The van der Waals surface area contributed by atoms with Crippen LogP contribution in [-0.4, -0.2) is 28.8 Å². The van der Waals surface area contributed by atoms with Gasteiger partial charge in [0, 0.05) is 19.3 Å². The third kappa shape index (κ3) is 2.12. The Bertz CT molecular complexity index is 380. The molecule has 2 rings (SSSR count). The van der Waals surface area contributed by atoms with Gasteiger partial charge in [-0.25, -0.2) is 4.98 Å². The lowest BCUT2D eigenvalue weighted by atomic mass is 9.91. The van der Waals surface area contributed by atoms with E-state index in [1.165, 1.54) is 0 Å². The van der Waals surface area contributed by atoms with Crippen molar-refractivity contribution in [2.75, 3.05) is 18.0 Å². The van der Waals surface area contributed by atoms with Gasteiger partial charge in [-0.2, -0.15) is 0 Å². The van der Waals surface area contributed by atoms with Crippen LogP contribution in [0.5, 0.6) is 0 Å². The Labute approximate surface area is 102 Å². The molecule has 0 aromatic carbocycles. The predicted octanol–water partition coefficient (Wildman–Crippen LogP) is 2.46. The molecule has 3 nitrogen and oxygen atoms in total. The number of halogens is 2. The van der Waals surface area contributed by atoms with Crippen molar-refractivity contribution in [3.63, 3.8) is 0 Å². The van der Waals surface area contributed by atoms with Gasteiger partial charge in [0.15, 0.2) is 0 Å². The van der Waals surface area contributed by atoms with Crippen molar-refractivity contribution in [2.45, 2.75) is 18.9 Å². The first-order valence-electron chi connectivity index (χ1n) is 4.82. The minimum Gasteiger partial charge on any atom is -0.386 e. The normalized spacial score (nSPS) is 18.8. The van der Waals surface area contributed by atoms with Crippen molar-refractivity contribution >= 4 is 33.3 Å². The molecule has 1 aliphatic rings. The van der Waals surface area contributed by atoms with Crippen LogP contribution in [0.4, 0.5) is 5.82 Å². The van der Waals surface area contributed by atoms with Crippen LogP contribution in [-0.2, 0) is 0 Å². The Morgan fingerprint density at radius 3 is 2.87 bits per heavy atom. The van der Waals surface area contributed by atoms with Crippen molar-refractivity contribution < 1.29 is 5.11 Å². The molecule has 1 N–H and O–H groups in total. The molecule has 1 aromatic heterocycles. The van der Waals surface area contributed by atoms with E-state index in [4.69, 9.17) is 11.6 Å². The van der Waals surface area contributed by atoms with Gasteiger partial charge >= 0.3 is 0 Å². The maximum atomic E-state index is 9.89. The van der Waals surface area contributed by atoms with E-state index in [1.807, 2.05) is 17.9 Å². The molecule has 5 heteroatoms. The van der Waals surface area contributed by atoms with E-state index >= 15 is 0 Å². The topological polar surface area (TPSA) is 36.4 Å². The summed E-state index contributed by atoms with van der Waals surface area (Å²) >= 11 is 9.22. The van der Waals surface area contributed by atoms with E-state index in [0.717, 1.165) is 16.7 Å². The molecule has 0 spiro atoms. The zero-order valence-electron chi connectivity index (χ0n) is 8.37. The quantitative estimate of drug-likeness (QED) is 0.909. The summed E-state index contributed by atoms with van der Waals surface area (Å²) in [5.74, 6) is 0.845. The van der Waals surface area contributed by atoms with Gasteiger partial charge < -0.3 is 10.0 Å². The fourth-order valence-electron chi connectivity index (χ4n) is 1.68. The Morgan fingerprint density at radius 1 is 1.67 bits per heavy atom. The smallest absolute Gasteiger partial charge is 0.143 e. The van der Waals surface area contributed by atoms with Crippen molar-refractivity contribution in [1.29, 1.82) is 0 Å². The van der Waals surface area contributed by atoms with Crippen LogP contribution in [0.25, 0.3) is 0 Å². The molecule has 0 saturated carbocycles. The highest BCUT2D eigenvalue weighted by molar-refractivity contribution is 9.10. The molecule has 0 radical (unpaired) electrons. The van der Waals surface area contributed by atoms with Crippen LogP contribution in [0.15, 0.2) is 16.7 Å². The second kappa shape index (κ2) is 3.92. The summed E-state index contributed by atoms with van der Waals surface area (Å²) in [6, 6.07) is 1.81. The summed E-state index contributed by atoms with van der Waals surface area (Å²) in [6.07, 6.45) is 2.39. The number of aromatic nitrogens is 1. The molecule has 15 heavy (non-hydrogen) atoms. The van der Waals surface area contributed by atoms with Gasteiger partial charge in [-0.05, 0) is 28.4 Å². The molecule has 1 aromatic rings. The third-order valence-corrected chi connectivity index (χ3v) is 3.51. The first-order chi connectivity index (χ1) is 7.04. The SMILES string of the molecule is CCC1(O)CN(c2ncc(Cl)cc2Br)C1. The predicted molar refractivity (Wildman–Crippen MR) is 64.4 cm³/mol. The van der Waals surface area contributed by atoms with Crippen LogP contribution in [0, 0.1) is 0 Å². The summed E-state index contributed by atoms with van der Waals surface area (Å²) in [4.78, 5) is 6.27. The highest BCUT2D eigenvalue weighted by Gasteiger charge is 2.40. The molecular formula is C10H12BrClN2O. The second-order valence-corrected chi connectivity index (χ2v) is 5.18. The van der Waals surface area contributed by atoms with E-state index in [0.29, 0.717) is 18.1 Å². The standard InChI is InChI=1S/C10H12BrClN2O/c1-2-10(15)5-14(6-10)9-8(11)3-7(12)4-13-9/h3-4,15H,2,5-6H2,1H3. The molecule has 0 bridgehead atoms. The second-order valence-electron chi connectivity index (χ2n) is 3.89. The van der Waals surface area contributed by atoms with Crippen LogP contribution in [0.1, 0.15) is 13.3 Å². The number of hydrogen-bond acceptors (Lipinski definition) is 3. The van der Waals surface area contributed by atoms with E-state index in [9.17, 15) is 5.11 Å². The first-order valence-corrected chi connectivity index (χ1v) is 5.99. The van der Waals surface area contributed by atoms with Crippen LogP contribution in [0.2, 0.25) is 5.02 Å². The lowest BCUT2D eigenvalue weighted by molar-refractivity contribution is 0.00799. The summed E-state index contributed by atoms with van der Waals surface area (Å²) in [7, 11) is 0. The number of anilines is 1. The number of β-amino-alcohol motifs (C(OH)–C–C–N with tert-alkyl or cyclic N) is 1. The first kappa shape index (κ1) is 11.2. The van der Waals surface area contributed by atoms with Crippen molar-refractivity contribution in [3.05, 3.63) is 21.8 Å². The lowest BCUT2D eigenvalue weighted by Crippen LogP contribution is -2.62. The number of rotatable bonds is 2. The van der Waals surface area contributed by atoms with E-state index in [-0.39, 0.29) is 0 Å². The molecule has 1 saturated heterocycles. The Morgan fingerprint density at radius 2 is 2.33 bits per heavy atom. The number of aliphatic hydroxyl groups is 1. The molecule has 1 aliphatic heterocycles. The minimum atomic E-state index is -0.541. The number of nitrogens with zero attached hydrogens (tertiary/aromatic N) is 2. The van der Waals surface area contributed by atoms with Gasteiger partial charge in [0.05, 0.1) is 15.1 Å². The molecule has 1 fully saturated rings. The van der Waals surface area contributed by atoms with E-state index < -0.39 is 5.60 Å². The van der Waals surface area contributed by atoms with E-state index in [2.05, 4.69) is 20.9 Å². The maximum Gasteiger partial charge on any atom is 0.143 e. The minimum absolute atomic E-state index is 0.541. The molecule has 0 atom stereocenters. The van der Waals surface area contributed by atoms with Crippen LogP contribution in [0.3, 0.4) is 0 Å². The summed E-state index contributed by atoms with van der Waals surface area (Å²) in [5, 5.41) is 10.5. The Hall–Kier alpha value is -0.320. The van der Waals surface area contributed by atoms with Gasteiger partial charge in [-0.15, -0.1) is 0 Å². The van der Waals surface area contributed by atoms with Gasteiger partial charge in [0.2, 0.25) is 0 Å². The van der Waals surface area contributed by atoms with Gasteiger partial charge in [-0.1, -0.05) is 18.5 Å². The molecular weight excluding hydrogens is 279 g/mol. The molecule has 0 unspecified atom stereocenters. The Kier molecular flexibility index (Phi) is 2.92. The largest absolute Gasteiger partial charge is 0.386 e. The summed E-state index contributed by atoms with van der Waals surface area (Å²) < 4.78 is 0.869. The highest BCUT2D eigenvalue weighted by Crippen LogP contribution is 2.34. The third-order valence-electron chi connectivity index (χ3n) is 2.72. The number of pyridine rings is 1. The molecule has 82 valence electrons. The maximum absolute atomic E-state index is 9.89. The van der Waals surface area contributed by atoms with Crippen molar-refractivity contribution in [1.82, 2.24) is 4.98 Å². The molecule has 0 aliphatic carbocycles. The van der Waals surface area contributed by atoms with Gasteiger partial charge in [0.1, 0.15) is 5.82 Å². The van der Waals surface area contributed by atoms with Crippen molar-refractivity contribution in [3.8, 4) is 0 Å². The average Bonchev–Trinajstić information content (AvgIpc) is 2.14. The Balaban J connectivity index is 2.13. The van der Waals surface area contributed by atoms with Gasteiger partial charge in [0.25, 0.3) is 0 Å². The molecule has 0 amide bonds. The lowest BCUT2D eigenvalue weighted by Gasteiger charge is -2.47. The fourth-order valence-corrected chi connectivity index (χ4v) is 2.57. The van der Waals surface area contributed by atoms with Gasteiger partial charge in [-0.3, -0.25) is 0 Å². The average molecular weight is 292 g/mol. The summed E-state index contributed by atoms with van der Waals surface area (Å²) in [5.41, 5.74) is -0.541. The fraction of sp³-hybridized carbons (Fsp3) is 0.500. The van der Waals surface area contributed by atoms with E-state index in [1.54, 1.807) is 6.20 Å². The van der Waals surface area contributed by atoms with Crippen LogP contribution < -0.4 is 4.90 Å². The van der Waals surface area contributed by atoms with Crippen molar-refractivity contribution in [2.24, 2.45) is 0 Å². The highest BCUT2D eigenvalue weighted by atomic mass is 79.9.